The van der Waals surface area contributed by atoms with Gasteiger partial charge in [0.05, 0.1) is 5.52 Å². The highest BCUT2D eigenvalue weighted by Gasteiger charge is 2.25. The number of hydrogen-bond acceptors (Lipinski definition) is 3. The molecule has 1 aliphatic rings. The van der Waals surface area contributed by atoms with Crippen molar-refractivity contribution in [2.45, 2.75) is 18.9 Å². The van der Waals surface area contributed by atoms with Crippen LogP contribution in [0.3, 0.4) is 0 Å². The van der Waals surface area contributed by atoms with Gasteiger partial charge in [0.2, 0.25) is 0 Å². The number of rotatable bonds is 3. The maximum atomic E-state index is 13.0. The lowest BCUT2D eigenvalue weighted by molar-refractivity contribution is 0.0590. The molecular formula is C21H19FN2O2. The number of amides is 1. The molecular weight excluding hydrogens is 331 g/mol. The predicted octanol–water partition coefficient (Wildman–Crippen LogP) is 4.06. The maximum absolute atomic E-state index is 13.0. The van der Waals surface area contributed by atoms with Gasteiger partial charge in [-0.15, -0.1) is 0 Å². The Balaban J connectivity index is 1.38. The van der Waals surface area contributed by atoms with Crippen LogP contribution in [0.25, 0.3) is 10.9 Å². The fraction of sp³-hybridized carbons (Fsp3) is 0.238. The van der Waals surface area contributed by atoms with E-state index in [0.29, 0.717) is 24.5 Å². The van der Waals surface area contributed by atoms with Gasteiger partial charge in [0.15, 0.2) is 0 Å². The van der Waals surface area contributed by atoms with E-state index in [4.69, 9.17) is 4.74 Å². The van der Waals surface area contributed by atoms with Gasteiger partial charge in [-0.05, 0) is 36.4 Å². The van der Waals surface area contributed by atoms with Crippen molar-refractivity contribution in [1.29, 1.82) is 0 Å². The molecule has 0 spiro atoms. The van der Waals surface area contributed by atoms with Gasteiger partial charge >= 0.3 is 0 Å². The molecule has 0 radical (unpaired) electrons. The van der Waals surface area contributed by atoms with Crippen LogP contribution in [0.4, 0.5) is 4.39 Å². The van der Waals surface area contributed by atoms with Crippen molar-refractivity contribution >= 4 is 16.8 Å². The highest BCUT2D eigenvalue weighted by Crippen LogP contribution is 2.21. The van der Waals surface area contributed by atoms with E-state index in [-0.39, 0.29) is 17.8 Å². The van der Waals surface area contributed by atoms with Crippen molar-refractivity contribution < 1.29 is 13.9 Å². The summed E-state index contributed by atoms with van der Waals surface area (Å²) in [4.78, 5) is 19.0. The number of carbonyl (C=O) groups excluding carboxylic acids is 1. The molecule has 1 aromatic heterocycles. The molecule has 2 heterocycles. The summed E-state index contributed by atoms with van der Waals surface area (Å²) in [6.07, 6.45) is 1.53. The number of hydrogen-bond donors (Lipinski definition) is 0. The quantitative estimate of drug-likeness (QED) is 0.715. The van der Waals surface area contributed by atoms with Crippen molar-refractivity contribution in [2.24, 2.45) is 0 Å². The van der Waals surface area contributed by atoms with Crippen molar-refractivity contribution in [3.05, 3.63) is 72.2 Å². The van der Waals surface area contributed by atoms with Gasteiger partial charge in [-0.25, -0.2) is 9.37 Å². The maximum Gasteiger partial charge on any atom is 0.272 e. The molecule has 1 amide bonds. The lowest BCUT2D eigenvalue weighted by atomic mass is 10.1. The largest absolute Gasteiger partial charge is 0.490 e. The van der Waals surface area contributed by atoms with E-state index in [1.165, 1.54) is 12.1 Å². The van der Waals surface area contributed by atoms with E-state index >= 15 is 0 Å². The molecule has 0 bridgehead atoms. The number of aromatic nitrogens is 1. The minimum Gasteiger partial charge on any atom is -0.490 e. The number of para-hydroxylation sites is 1. The topological polar surface area (TPSA) is 42.4 Å². The van der Waals surface area contributed by atoms with Gasteiger partial charge < -0.3 is 9.64 Å². The van der Waals surface area contributed by atoms with E-state index in [0.717, 1.165) is 23.7 Å². The highest BCUT2D eigenvalue weighted by atomic mass is 19.1. The van der Waals surface area contributed by atoms with Crippen LogP contribution >= 0.6 is 0 Å². The third-order valence-corrected chi connectivity index (χ3v) is 4.66. The Morgan fingerprint density at radius 1 is 1.00 bits per heavy atom. The van der Waals surface area contributed by atoms with Gasteiger partial charge in [-0.1, -0.05) is 24.3 Å². The number of nitrogens with zero attached hydrogens (tertiary/aromatic N) is 2. The van der Waals surface area contributed by atoms with Crippen molar-refractivity contribution in [3.63, 3.8) is 0 Å². The zero-order valence-electron chi connectivity index (χ0n) is 14.3. The lowest BCUT2D eigenvalue weighted by Gasteiger charge is -2.32. The summed E-state index contributed by atoms with van der Waals surface area (Å²) < 4.78 is 18.8. The average molecular weight is 350 g/mol. The van der Waals surface area contributed by atoms with E-state index in [9.17, 15) is 9.18 Å². The number of halogens is 1. The van der Waals surface area contributed by atoms with Crippen LogP contribution in [0.5, 0.6) is 5.75 Å². The van der Waals surface area contributed by atoms with Gasteiger partial charge in [0, 0.05) is 31.3 Å². The molecule has 0 aliphatic carbocycles. The van der Waals surface area contributed by atoms with Gasteiger partial charge in [0.1, 0.15) is 23.4 Å². The lowest BCUT2D eigenvalue weighted by Crippen LogP contribution is -2.42. The number of benzene rings is 2. The third-order valence-electron chi connectivity index (χ3n) is 4.66. The van der Waals surface area contributed by atoms with E-state index in [1.807, 2.05) is 35.2 Å². The summed E-state index contributed by atoms with van der Waals surface area (Å²) in [5.74, 6) is 0.337. The van der Waals surface area contributed by atoms with Crippen LogP contribution in [0.2, 0.25) is 0 Å². The molecule has 4 nitrogen and oxygen atoms in total. The average Bonchev–Trinajstić information content (AvgIpc) is 2.69. The van der Waals surface area contributed by atoms with E-state index in [2.05, 4.69) is 4.98 Å². The third kappa shape index (κ3) is 3.52. The van der Waals surface area contributed by atoms with Crippen LogP contribution in [0.1, 0.15) is 23.3 Å². The number of carbonyl (C=O) groups is 1. The molecule has 4 rings (SSSR count). The molecule has 3 aromatic rings. The Morgan fingerprint density at radius 3 is 2.50 bits per heavy atom. The Morgan fingerprint density at radius 2 is 1.73 bits per heavy atom. The number of pyridine rings is 1. The summed E-state index contributed by atoms with van der Waals surface area (Å²) in [5.41, 5.74) is 1.30. The first-order chi connectivity index (χ1) is 12.7. The summed E-state index contributed by atoms with van der Waals surface area (Å²) >= 11 is 0. The zero-order valence-corrected chi connectivity index (χ0v) is 14.3. The van der Waals surface area contributed by atoms with Gasteiger partial charge in [-0.3, -0.25) is 4.79 Å². The number of likely N-dealkylation sites (tertiary alicyclic amines) is 1. The Hall–Kier alpha value is -2.95. The second-order valence-corrected chi connectivity index (χ2v) is 6.45. The summed E-state index contributed by atoms with van der Waals surface area (Å²) in [6.45, 7) is 1.25. The normalized spacial score (nSPS) is 15.2. The molecule has 2 aromatic carbocycles. The van der Waals surface area contributed by atoms with Crippen LogP contribution in [0.15, 0.2) is 60.7 Å². The monoisotopic (exact) mass is 350 g/mol. The molecule has 1 saturated heterocycles. The predicted molar refractivity (Wildman–Crippen MR) is 97.7 cm³/mol. The van der Waals surface area contributed by atoms with Crippen LogP contribution < -0.4 is 4.74 Å². The summed E-state index contributed by atoms with van der Waals surface area (Å²) in [7, 11) is 0. The first kappa shape index (κ1) is 16.5. The number of ether oxygens (including phenoxy) is 1. The second kappa shape index (κ2) is 7.12. The molecule has 1 fully saturated rings. The Labute approximate surface area is 151 Å². The SMILES string of the molecule is O=C(c1ccc2ccccc2n1)N1CCC(Oc2ccc(F)cc2)CC1. The molecule has 132 valence electrons. The summed E-state index contributed by atoms with van der Waals surface area (Å²) in [6, 6.07) is 17.5. The minimum absolute atomic E-state index is 0.0362. The number of piperidine rings is 1. The van der Waals surface area contributed by atoms with Gasteiger partial charge in [0.25, 0.3) is 5.91 Å². The van der Waals surface area contributed by atoms with Crippen molar-refractivity contribution in [3.8, 4) is 5.75 Å². The molecule has 1 aliphatic heterocycles. The molecule has 26 heavy (non-hydrogen) atoms. The van der Waals surface area contributed by atoms with Crippen molar-refractivity contribution in [1.82, 2.24) is 9.88 Å². The first-order valence-electron chi connectivity index (χ1n) is 8.76. The van der Waals surface area contributed by atoms with E-state index in [1.54, 1.807) is 18.2 Å². The molecule has 0 unspecified atom stereocenters. The molecule has 0 N–H and O–H groups in total. The minimum atomic E-state index is -0.277. The molecule has 0 saturated carbocycles. The second-order valence-electron chi connectivity index (χ2n) is 6.45. The van der Waals surface area contributed by atoms with Gasteiger partial charge in [-0.2, -0.15) is 0 Å². The standard InChI is InChI=1S/C21H19FN2O2/c22-16-6-8-17(9-7-16)26-18-11-13-24(14-12-18)21(25)20-10-5-15-3-1-2-4-19(15)23-20/h1-10,18H,11-14H2. The fourth-order valence-electron chi connectivity index (χ4n) is 3.23. The smallest absolute Gasteiger partial charge is 0.272 e. The Kier molecular flexibility index (Phi) is 4.52. The highest BCUT2D eigenvalue weighted by molar-refractivity contribution is 5.94. The first-order valence-corrected chi connectivity index (χ1v) is 8.76. The van der Waals surface area contributed by atoms with Crippen LogP contribution in [-0.4, -0.2) is 35.0 Å². The van der Waals surface area contributed by atoms with Crippen LogP contribution in [-0.2, 0) is 0 Å². The van der Waals surface area contributed by atoms with Crippen molar-refractivity contribution in [2.75, 3.05) is 13.1 Å². The molecule has 0 atom stereocenters. The zero-order chi connectivity index (χ0) is 17.9. The number of fused-ring (bicyclic) bond motifs is 1. The Bertz CT molecular complexity index is 919. The van der Waals surface area contributed by atoms with E-state index < -0.39 is 0 Å². The molecule has 5 heteroatoms. The fourth-order valence-corrected chi connectivity index (χ4v) is 3.23. The summed E-state index contributed by atoms with van der Waals surface area (Å²) in [5, 5.41) is 1.02. The van der Waals surface area contributed by atoms with Crippen LogP contribution in [0, 0.1) is 5.82 Å².